The Balaban J connectivity index is 1.66. The van der Waals surface area contributed by atoms with Crippen LogP contribution >= 0.6 is 11.3 Å². The first-order chi connectivity index (χ1) is 12.5. The molecule has 0 aliphatic heterocycles. The van der Waals surface area contributed by atoms with Gasteiger partial charge in [-0.1, -0.05) is 68.0 Å². The molecule has 3 nitrogen and oxygen atoms in total. The van der Waals surface area contributed by atoms with Crippen LogP contribution in [0.5, 0.6) is 0 Å². The van der Waals surface area contributed by atoms with Gasteiger partial charge in [-0.2, -0.15) is 5.10 Å². The molecule has 0 aliphatic rings. The second kappa shape index (κ2) is 8.13. The molecule has 130 valence electrons. The zero-order valence-electron chi connectivity index (χ0n) is 15.2. The number of benzene rings is 2. The van der Waals surface area contributed by atoms with Crippen LogP contribution in [0, 0.1) is 11.5 Å². The minimum atomic E-state index is -1.37. The molecule has 0 amide bonds. The fourth-order valence-electron chi connectivity index (χ4n) is 2.19. The van der Waals surface area contributed by atoms with Crippen LogP contribution in [0.4, 0.5) is 5.13 Å². The van der Waals surface area contributed by atoms with Crippen LogP contribution in [0.25, 0.3) is 11.3 Å². The summed E-state index contributed by atoms with van der Waals surface area (Å²) in [4.78, 5) is 4.56. The molecular formula is C21H21N3SSi. The lowest BCUT2D eigenvalue weighted by atomic mass is 10.1. The minimum Gasteiger partial charge on any atom is -0.253 e. The van der Waals surface area contributed by atoms with E-state index in [4.69, 9.17) is 0 Å². The van der Waals surface area contributed by atoms with E-state index in [1.807, 2.05) is 41.8 Å². The molecule has 0 saturated carbocycles. The molecule has 0 spiro atoms. The van der Waals surface area contributed by atoms with Crippen LogP contribution in [0.2, 0.25) is 19.6 Å². The zero-order chi connectivity index (χ0) is 18.4. The topological polar surface area (TPSA) is 37.3 Å². The number of hydrazone groups is 1. The molecule has 3 aromatic rings. The largest absolute Gasteiger partial charge is 0.253 e. The van der Waals surface area contributed by atoms with E-state index in [9.17, 15) is 0 Å². The van der Waals surface area contributed by atoms with Gasteiger partial charge < -0.3 is 0 Å². The first kappa shape index (κ1) is 18.1. The van der Waals surface area contributed by atoms with E-state index in [1.54, 1.807) is 6.21 Å². The smallest absolute Gasteiger partial charge is 0.203 e. The predicted octanol–water partition coefficient (Wildman–Crippen LogP) is 5.49. The molecule has 2 aromatic carbocycles. The Labute approximate surface area is 159 Å². The fraction of sp³-hybridized carbons (Fsp3) is 0.143. The van der Waals surface area contributed by atoms with Crippen molar-refractivity contribution >= 4 is 30.8 Å². The van der Waals surface area contributed by atoms with E-state index in [-0.39, 0.29) is 0 Å². The van der Waals surface area contributed by atoms with Crippen molar-refractivity contribution in [2.45, 2.75) is 19.6 Å². The van der Waals surface area contributed by atoms with Gasteiger partial charge in [0, 0.05) is 16.5 Å². The maximum Gasteiger partial charge on any atom is 0.203 e. The quantitative estimate of drug-likeness (QED) is 0.283. The summed E-state index contributed by atoms with van der Waals surface area (Å²) in [7, 11) is -1.37. The highest BCUT2D eigenvalue weighted by Crippen LogP contribution is 2.24. The fourth-order valence-corrected chi connectivity index (χ4v) is 3.37. The van der Waals surface area contributed by atoms with E-state index in [0.717, 1.165) is 27.5 Å². The summed E-state index contributed by atoms with van der Waals surface area (Å²) in [5.41, 5.74) is 10.5. The summed E-state index contributed by atoms with van der Waals surface area (Å²) in [5, 5.41) is 7.10. The summed E-state index contributed by atoms with van der Waals surface area (Å²) in [6, 6.07) is 18.2. The first-order valence-electron chi connectivity index (χ1n) is 8.43. The number of hydrogen-bond acceptors (Lipinski definition) is 4. The van der Waals surface area contributed by atoms with Crippen LogP contribution in [0.3, 0.4) is 0 Å². The molecular weight excluding hydrogens is 354 g/mol. The Morgan fingerprint density at radius 1 is 1.08 bits per heavy atom. The highest BCUT2D eigenvalue weighted by Gasteiger charge is 2.07. The standard InChI is InChI=1S/C21H21N3SSi/c1-26(2,3)13-12-17-8-7-9-18(14-17)15-22-24-21-23-20(16-25-21)19-10-5-4-6-11-19/h4-11,14-16H,1-3H3,(H,23,24). The third kappa shape index (κ3) is 5.41. The van der Waals surface area contributed by atoms with Gasteiger partial charge in [0.25, 0.3) is 0 Å². The molecule has 0 fully saturated rings. The van der Waals surface area contributed by atoms with E-state index in [2.05, 4.69) is 64.8 Å². The van der Waals surface area contributed by atoms with Gasteiger partial charge in [-0.3, -0.25) is 5.43 Å². The maximum absolute atomic E-state index is 4.56. The number of anilines is 1. The lowest BCUT2D eigenvalue weighted by Crippen LogP contribution is -2.16. The Hall–Kier alpha value is -2.68. The number of aromatic nitrogens is 1. The van der Waals surface area contributed by atoms with E-state index in [1.165, 1.54) is 11.3 Å². The Morgan fingerprint density at radius 2 is 1.88 bits per heavy atom. The lowest BCUT2D eigenvalue weighted by Gasteiger charge is -2.03. The monoisotopic (exact) mass is 375 g/mol. The lowest BCUT2D eigenvalue weighted by molar-refractivity contribution is 1.29. The van der Waals surface area contributed by atoms with Crippen molar-refractivity contribution in [3.05, 3.63) is 71.1 Å². The highest BCUT2D eigenvalue weighted by atomic mass is 32.1. The average Bonchev–Trinajstić information content (AvgIpc) is 3.10. The Kier molecular flexibility index (Phi) is 5.67. The molecule has 0 unspecified atom stereocenters. The molecule has 0 saturated heterocycles. The van der Waals surface area contributed by atoms with Gasteiger partial charge in [-0.15, -0.1) is 16.9 Å². The van der Waals surface area contributed by atoms with Crippen molar-refractivity contribution in [1.82, 2.24) is 4.98 Å². The third-order valence-electron chi connectivity index (χ3n) is 3.42. The molecule has 3 rings (SSSR count). The molecule has 0 radical (unpaired) electrons. The average molecular weight is 376 g/mol. The second-order valence-corrected chi connectivity index (χ2v) is 12.5. The molecule has 5 heteroatoms. The molecule has 0 aliphatic carbocycles. The Bertz CT molecular complexity index is 960. The second-order valence-electron chi connectivity index (χ2n) is 6.90. The first-order valence-corrected chi connectivity index (χ1v) is 12.8. The summed E-state index contributed by atoms with van der Waals surface area (Å²) in [6.45, 7) is 6.73. The van der Waals surface area contributed by atoms with Gasteiger partial charge in [-0.05, 0) is 17.7 Å². The van der Waals surface area contributed by atoms with Crippen LogP contribution in [-0.2, 0) is 0 Å². The van der Waals surface area contributed by atoms with Crippen molar-refractivity contribution in [3.63, 3.8) is 0 Å². The molecule has 1 heterocycles. The Morgan fingerprint density at radius 3 is 2.65 bits per heavy atom. The third-order valence-corrected chi connectivity index (χ3v) is 5.04. The van der Waals surface area contributed by atoms with Gasteiger partial charge in [0.1, 0.15) is 8.07 Å². The van der Waals surface area contributed by atoms with Gasteiger partial charge in [0.05, 0.1) is 11.9 Å². The molecule has 0 bridgehead atoms. The number of thiazole rings is 1. The van der Waals surface area contributed by atoms with Crippen molar-refractivity contribution in [3.8, 4) is 22.7 Å². The van der Waals surface area contributed by atoms with Crippen LogP contribution in [-0.4, -0.2) is 19.3 Å². The molecule has 1 N–H and O–H groups in total. The maximum atomic E-state index is 4.56. The van der Waals surface area contributed by atoms with Gasteiger partial charge in [0.2, 0.25) is 5.13 Å². The summed E-state index contributed by atoms with van der Waals surface area (Å²) >= 11 is 1.54. The molecule has 0 atom stereocenters. The van der Waals surface area contributed by atoms with E-state index >= 15 is 0 Å². The van der Waals surface area contributed by atoms with Gasteiger partial charge in [0.15, 0.2) is 0 Å². The summed E-state index contributed by atoms with van der Waals surface area (Å²) < 4.78 is 0. The van der Waals surface area contributed by atoms with Crippen molar-refractivity contribution in [1.29, 1.82) is 0 Å². The van der Waals surface area contributed by atoms with Crippen LogP contribution in [0.1, 0.15) is 11.1 Å². The normalized spacial score (nSPS) is 11.2. The predicted molar refractivity (Wildman–Crippen MR) is 115 cm³/mol. The molecule has 26 heavy (non-hydrogen) atoms. The number of nitrogens with one attached hydrogen (secondary N) is 1. The van der Waals surface area contributed by atoms with Gasteiger partial charge in [-0.25, -0.2) is 4.98 Å². The summed E-state index contributed by atoms with van der Waals surface area (Å²) in [5.74, 6) is 3.27. The SMILES string of the molecule is C[Si](C)(C)C#Cc1cccc(C=NNc2nc(-c3ccccc3)cs2)c1. The van der Waals surface area contributed by atoms with Crippen LogP contribution < -0.4 is 5.43 Å². The molecule has 1 aromatic heterocycles. The van der Waals surface area contributed by atoms with Crippen molar-refractivity contribution < 1.29 is 0 Å². The summed E-state index contributed by atoms with van der Waals surface area (Å²) in [6.07, 6.45) is 1.79. The zero-order valence-corrected chi connectivity index (χ0v) is 17.0. The van der Waals surface area contributed by atoms with Gasteiger partial charge >= 0.3 is 0 Å². The highest BCUT2D eigenvalue weighted by molar-refractivity contribution is 7.14. The van der Waals surface area contributed by atoms with Crippen LogP contribution in [0.15, 0.2) is 65.1 Å². The number of rotatable bonds is 4. The van der Waals surface area contributed by atoms with E-state index < -0.39 is 8.07 Å². The number of nitrogens with zero attached hydrogens (tertiary/aromatic N) is 2. The number of hydrogen-bond donors (Lipinski definition) is 1. The van der Waals surface area contributed by atoms with Crippen molar-refractivity contribution in [2.75, 3.05) is 5.43 Å². The van der Waals surface area contributed by atoms with Crippen molar-refractivity contribution in [2.24, 2.45) is 5.10 Å². The minimum absolute atomic E-state index is 0.773. The van der Waals surface area contributed by atoms with E-state index in [0.29, 0.717) is 0 Å².